The van der Waals surface area contributed by atoms with Crippen LogP contribution >= 0.6 is 0 Å². The molecule has 110 valence electrons. The van der Waals surface area contributed by atoms with Gasteiger partial charge in [-0.1, -0.05) is 0 Å². The van der Waals surface area contributed by atoms with Crippen molar-refractivity contribution < 1.29 is 14.8 Å². The lowest BCUT2D eigenvalue weighted by Crippen LogP contribution is -2.06. The Balaban J connectivity index is 2.50. The Hall–Kier alpha value is -2.77. The SMILES string of the molecule is Cc1nc(-n2nc(C)c(CC(=O)O)c2C)ccc1[N+](=O)[O-]. The van der Waals surface area contributed by atoms with E-state index in [9.17, 15) is 14.9 Å². The van der Waals surface area contributed by atoms with Gasteiger partial charge in [0.15, 0.2) is 5.82 Å². The summed E-state index contributed by atoms with van der Waals surface area (Å²) in [5.74, 6) is -0.510. The predicted octanol–water partition coefficient (Wildman–Crippen LogP) is 1.73. The summed E-state index contributed by atoms with van der Waals surface area (Å²) in [7, 11) is 0. The van der Waals surface area contributed by atoms with Gasteiger partial charge in [0.25, 0.3) is 5.69 Å². The first kappa shape index (κ1) is 14.6. The molecule has 0 fully saturated rings. The van der Waals surface area contributed by atoms with E-state index in [0.717, 1.165) is 0 Å². The first-order valence-corrected chi connectivity index (χ1v) is 6.20. The number of aryl methyl sites for hydroxylation is 2. The maximum Gasteiger partial charge on any atom is 0.307 e. The van der Waals surface area contributed by atoms with Crippen molar-refractivity contribution in [3.05, 3.63) is 44.9 Å². The second-order valence-corrected chi connectivity index (χ2v) is 4.66. The standard InChI is InChI=1S/C13H14N4O4/c1-7-10(6-13(18)19)9(3)16(15-7)12-5-4-11(17(20)21)8(2)14-12/h4-5H,6H2,1-3H3,(H,18,19). The van der Waals surface area contributed by atoms with E-state index in [1.165, 1.54) is 16.8 Å². The quantitative estimate of drug-likeness (QED) is 0.678. The summed E-state index contributed by atoms with van der Waals surface area (Å²) >= 11 is 0. The van der Waals surface area contributed by atoms with Crippen LogP contribution < -0.4 is 0 Å². The molecule has 0 bridgehead atoms. The van der Waals surface area contributed by atoms with Crippen molar-refractivity contribution in [3.63, 3.8) is 0 Å². The molecule has 2 aromatic heterocycles. The second kappa shape index (κ2) is 5.31. The van der Waals surface area contributed by atoms with Crippen molar-refractivity contribution in [2.24, 2.45) is 0 Å². The Morgan fingerprint density at radius 1 is 1.33 bits per heavy atom. The molecule has 8 heteroatoms. The van der Waals surface area contributed by atoms with Crippen LogP contribution in [0.2, 0.25) is 0 Å². The number of aromatic nitrogens is 3. The fourth-order valence-corrected chi connectivity index (χ4v) is 2.16. The van der Waals surface area contributed by atoms with E-state index in [1.807, 2.05) is 0 Å². The van der Waals surface area contributed by atoms with Crippen molar-refractivity contribution in [2.75, 3.05) is 0 Å². The molecule has 0 aromatic carbocycles. The molecule has 0 saturated heterocycles. The molecule has 0 atom stereocenters. The highest BCUT2D eigenvalue weighted by Crippen LogP contribution is 2.21. The van der Waals surface area contributed by atoms with Gasteiger partial charge in [-0.3, -0.25) is 14.9 Å². The third-order valence-electron chi connectivity index (χ3n) is 3.23. The predicted molar refractivity (Wildman–Crippen MR) is 73.6 cm³/mol. The Bertz CT molecular complexity index is 736. The van der Waals surface area contributed by atoms with E-state index in [2.05, 4.69) is 10.1 Å². The molecule has 0 saturated carbocycles. The van der Waals surface area contributed by atoms with E-state index >= 15 is 0 Å². The number of nitro groups is 1. The van der Waals surface area contributed by atoms with E-state index in [4.69, 9.17) is 5.11 Å². The van der Waals surface area contributed by atoms with E-state index in [0.29, 0.717) is 22.8 Å². The topological polar surface area (TPSA) is 111 Å². The number of carbonyl (C=O) groups is 1. The summed E-state index contributed by atoms with van der Waals surface area (Å²) in [4.78, 5) is 25.3. The summed E-state index contributed by atoms with van der Waals surface area (Å²) < 4.78 is 1.50. The molecule has 2 rings (SSSR count). The largest absolute Gasteiger partial charge is 0.481 e. The zero-order chi connectivity index (χ0) is 15.7. The van der Waals surface area contributed by atoms with Crippen molar-refractivity contribution in [3.8, 4) is 5.82 Å². The van der Waals surface area contributed by atoms with Crippen LogP contribution in [0, 0.1) is 30.9 Å². The normalized spacial score (nSPS) is 10.6. The number of pyridine rings is 1. The fraction of sp³-hybridized carbons (Fsp3) is 0.308. The third-order valence-corrected chi connectivity index (χ3v) is 3.23. The van der Waals surface area contributed by atoms with Gasteiger partial charge >= 0.3 is 5.97 Å². The van der Waals surface area contributed by atoms with Gasteiger partial charge in [-0.25, -0.2) is 9.67 Å². The van der Waals surface area contributed by atoms with Gasteiger partial charge in [-0.2, -0.15) is 5.10 Å². The average molecular weight is 290 g/mol. The number of hydrogen-bond donors (Lipinski definition) is 1. The summed E-state index contributed by atoms with van der Waals surface area (Å²) in [5.41, 5.74) is 2.11. The molecule has 0 aliphatic carbocycles. The van der Waals surface area contributed by atoms with Crippen LogP contribution in [-0.2, 0) is 11.2 Å². The first-order valence-electron chi connectivity index (χ1n) is 6.20. The maximum atomic E-state index is 10.9. The minimum absolute atomic E-state index is 0.0639. The third kappa shape index (κ3) is 2.73. The molecular weight excluding hydrogens is 276 g/mol. The number of hydrogen-bond acceptors (Lipinski definition) is 5. The molecule has 2 heterocycles. The van der Waals surface area contributed by atoms with Gasteiger partial charge in [-0.05, 0) is 26.8 Å². The smallest absolute Gasteiger partial charge is 0.307 e. The Labute approximate surface area is 120 Å². The summed E-state index contributed by atoms with van der Waals surface area (Å²) in [5, 5.41) is 24.0. The monoisotopic (exact) mass is 290 g/mol. The van der Waals surface area contributed by atoms with E-state index in [1.54, 1.807) is 20.8 Å². The Morgan fingerprint density at radius 3 is 2.52 bits per heavy atom. The van der Waals surface area contributed by atoms with Crippen LogP contribution in [0.15, 0.2) is 12.1 Å². The average Bonchev–Trinajstić information content (AvgIpc) is 2.65. The molecule has 1 N–H and O–H groups in total. The summed E-state index contributed by atoms with van der Waals surface area (Å²) in [6.07, 6.45) is -0.121. The van der Waals surface area contributed by atoms with Gasteiger partial charge in [0.1, 0.15) is 5.69 Å². The summed E-state index contributed by atoms with van der Waals surface area (Å²) in [6, 6.07) is 2.86. The van der Waals surface area contributed by atoms with Crippen LogP contribution in [0.25, 0.3) is 5.82 Å². The van der Waals surface area contributed by atoms with Crippen LogP contribution in [0.3, 0.4) is 0 Å². The number of carboxylic acids is 1. The van der Waals surface area contributed by atoms with Gasteiger partial charge in [0.2, 0.25) is 0 Å². The second-order valence-electron chi connectivity index (χ2n) is 4.66. The lowest BCUT2D eigenvalue weighted by atomic mass is 10.1. The molecule has 0 radical (unpaired) electrons. The van der Waals surface area contributed by atoms with Crippen LogP contribution in [0.4, 0.5) is 5.69 Å². The van der Waals surface area contributed by atoms with E-state index in [-0.39, 0.29) is 17.8 Å². The minimum Gasteiger partial charge on any atom is -0.481 e. The highest BCUT2D eigenvalue weighted by atomic mass is 16.6. The molecule has 0 aliphatic heterocycles. The molecule has 0 unspecified atom stereocenters. The van der Waals surface area contributed by atoms with E-state index < -0.39 is 10.9 Å². The first-order chi connectivity index (χ1) is 9.81. The number of aliphatic carboxylic acids is 1. The van der Waals surface area contributed by atoms with Crippen molar-refractivity contribution in [1.29, 1.82) is 0 Å². The van der Waals surface area contributed by atoms with Crippen molar-refractivity contribution in [2.45, 2.75) is 27.2 Å². The highest BCUT2D eigenvalue weighted by Gasteiger charge is 2.18. The molecule has 0 amide bonds. The van der Waals surface area contributed by atoms with Gasteiger partial charge < -0.3 is 5.11 Å². The number of carboxylic acid groups (broad SMARTS) is 1. The van der Waals surface area contributed by atoms with Crippen LogP contribution in [0.1, 0.15) is 22.6 Å². The molecule has 0 spiro atoms. The molecular formula is C13H14N4O4. The van der Waals surface area contributed by atoms with Crippen LogP contribution in [0.5, 0.6) is 0 Å². The minimum atomic E-state index is -0.936. The highest BCUT2D eigenvalue weighted by molar-refractivity contribution is 5.71. The number of rotatable bonds is 4. The number of nitrogens with zero attached hydrogens (tertiary/aromatic N) is 4. The molecule has 2 aromatic rings. The maximum absolute atomic E-state index is 10.9. The zero-order valence-corrected chi connectivity index (χ0v) is 11.8. The molecule has 21 heavy (non-hydrogen) atoms. The van der Waals surface area contributed by atoms with Crippen molar-refractivity contribution in [1.82, 2.24) is 14.8 Å². The van der Waals surface area contributed by atoms with Gasteiger partial charge in [-0.15, -0.1) is 0 Å². The lowest BCUT2D eigenvalue weighted by Gasteiger charge is -2.05. The molecule has 0 aliphatic rings. The summed E-state index contributed by atoms with van der Waals surface area (Å²) in [6.45, 7) is 5.02. The molecule has 8 nitrogen and oxygen atoms in total. The van der Waals surface area contributed by atoms with Gasteiger partial charge in [0, 0.05) is 17.3 Å². The fourth-order valence-electron chi connectivity index (χ4n) is 2.16. The van der Waals surface area contributed by atoms with Crippen LogP contribution in [-0.4, -0.2) is 30.8 Å². The zero-order valence-electron chi connectivity index (χ0n) is 11.8. The Morgan fingerprint density at radius 2 is 2.00 bits per heavy atom. The van der Waals surface area contributed by atoms with Crippen molar-refractivity contribution >= 4 is 11.7 Å². The lowest BCUT2D eigenvalue weighted by molar-refractivity contribution is -0.385. The van der Waals surface area contributed by atoms with Gasteiger partial charge in [0.05, 0.1) is 17.0 Å². The Kier molecular flexibility index (Phi) is 3.70.